The molecule has 0 aliphatic heterocycles. The van der Waals surface area contributed by atoms with Crippen LogP contribution in [0.15, 0.2) is 0 Å². The van der Waals surface area contributed by atoms with Crippen LogP contribution in [0.2, 0.25) is 0 Å². The fourth-order valence-corrected chi connectivity index (χ4v) is 2.71. The molecule has 166 valence electrons. The van der Waals surface area contributed by atoms with Gasteiger partial charge in [0.2, 0.25) is 0 Å². The average Bonchev–Trinajstić information content (AvgIpc) is 2.69. The lowest BCUT2D eigenvalue weighted by Crippen LogP contribution is -2.25. The van der Waals surface area contributed by atoms with Crippen LogP contribution in [-0.2, 0) is 4.74 Å². The van der Waals surface area contributed by atoms with Gasteiger partial charge in [-0.2, -0.15) is 0 Å². The van der Waals surface area contributed by atoms with Crippen molar-refractivity contribution in [2.45, 2.75) is 116 Å². The Kier molecular flexibility index (Phi) is 27.7. The number of aliphatic hydroxyl groups excluding tert-OH is 4. The minimum atomic E-state index is -0.916. The van der Waals surface area contributed by atoms with E-state index in [2.05, 4.69) is 13.8 Å². The second-order valence-corrected chi connectivity index (χ2v) is 7.45. The normalized spacial score (nSPS) is 13.1. The van der Waals surface area contributed by atoms with Crippen molar-refractivity contribution in [1.29, 1.82) is 0 Å². The smallest absolute Gasteiger partial charge is 0.100 e. The standard InChI is InChI=1S/C16H34.C6H14O5/c1-3-5-7-9-11-13-15-16-14-12-10-8-6-4-2;7-1-5(9)3-11-4-6(10)2-8/h3-16H2,1-2H3;5-10H,1-4H2. The van der Waals surface area contributed by atoms with Gasteiger partial charge in [-0.15, -0.1) is 0 Å². The van der Waals surface area contributed by atoms with E-state index in [-0.39, 0.29) is 26.4 Å². The second kappa shape index (κ2) is 25.8. The van der Waals surface area contributed by atoms with E-state index in [1.165, 1.54) is 89.9 Å². The van der Waals surface area contributed by atoms with E-state index in [0.29, 0.717) is 0 Å². The number of aliphatic hydroxyl groups is 4. The first-order chi connectivity index (χ1) is 13.1. The van der Waals surface area contributed by atoms with Crippen LogP contribution in [0, 0.1) is 0 Å². The molecule has 0 aromatic carbocycles. The summed E-state index contributed by atoms with van der Waals surface area (Å²) >= 11 is 0. The summed E-state index contributed by atoms with van der Waals surface area (Å²) in [6.07, 6.45) is 18.6. The predicted molar refractivity (Wildman–Crippen MR) is 113 cm³/mol. The Morgan fingerprint density at radius 3 is 1.00 bits per heavy atom. The first-order valence-electron chi connectivity index (χ1n) is 11.3. The topological polar surface area (TPSA) is 90.2 Å². The van der Waals surface area contributed by atoms with Crippen LogP contribution >= 0.6 is 0 Å². The monoisotopic (exact) mass is 392 g/mol. The summed E-state index contributed by atoms with van der Waals surface area (Å²) in [5.41, 5.74) is 0. The highest BCUT2D eigenvalue weighted by atomic mass is 16.5. The Hall–Kier alpha value is -0.200. The first-order valence-corrected chi connectivity index (χ1v) is 11.3. The quantitative estimate of drug-likeness (QED) is 0.247. The number of unbranched alkanes of at least 4 members (excludes halogenated alkanes) is 13. The van der Waals surface area contributed by atoms with E-state index < -0.39 is 12.2 Å². The molecule has 0 aliphatic carbocycles. The molecule has 0 saturated heterocycles. The molecule has 5 heteroatoms. The number of hydrogen-bond donors (Lipinski definition) is 4. The summed E-state index contributed by atoms with van der Waals surface area (Å²) in [5.74, 6) is 0. The van der Waals surface area contributed by atoms with Crippen molar-refractivity contribution in [3.05, 3.63) is 0 Å². The molecule has 0 bridgehead atoms. The van der Waals surface area contributed by atoms with Crippen LogP contribution in [-0.4, -0.2) is 59.1 Å². The molecule has 5 nitrogen and oxygen atoms in total. The molecular weight excluding hydrogens is 344 g/mol. The van der Waals surface area contributed by atoms with Gasteiger partial charge in [-0.1, -0.05) is 104 Å². The Labute approximate surface area is 168 Å². The average molecular weight is 393 g/mol. The minimum absolute atomic E-state index is 0.0342. The molecule has 0 amide bonds. The van der Waals surface area contributed by atoms with Crippen molar-refractivity contribution in [2.24, 2.45) is 0 Å². The molecule has 0 aromatic rings. The maximum absolute atomic E-state index is 8.72. The maximum atomic E-state index is 8.72. The molecule has 0 radical (unpaired) electrons. The summed E-state index contributed by atoms with van der Waals surface area (Å²) in [4.78, 5) is 0. The zero-order chi connectivity index (χ0) is 20.6. The van der Waals surface area contributed by atoms with Crippen molar-refractivity contribution in [3.8, 4) is 0 Å². The Morgan fingerprint density at radius 1 is 0.519 bits per heavy atom. The van der Waals surface area contributed by atoms with Crippen LogP contribution in [0.5, 0.6) is 0 Å². The highest BCUT2D eigenvalue weighted by Crippen LogP contribution is 2.12. The van der Waals surface area contributed by atoms with Crippen molar-refractivity contribution >= 4 is 0 Å². The summed E-state index contributed by atoms with van der Waals surface area (Å²) < 4.78 is 4.72. The van der Waals surface area contributed by atoms with Crippen molar-refractivity contribution in [3.63, 3.8) is 0 Å². The van der Waals surface area contributed by atoms with Crippen LogP contribution in [0.25, 0.3) is 0 Å². The fraction of sp³-hybridized carbons (Fsp3) is 1.00. The molecule has 0 saturated carbocycles. The maximum Gasteiger partial charge on any atom is 0.100 e. The molecule has 0 aromatic heterocycles. The third-order valence-corrected chi connectivity index (χ3v) is 4.50. The Morgan fingerprint density at radius 2 is 0.778 bits per heavy atom. The number of ether oxygens (including phenoxy) is 1. The number of rotatable bonds is 19. The molecule has 0 spiro atoms. The molecule has 0 fully saturated rings. The molecule has 0 heterocycles. The fourth-order valence-electron chi connectivity index (χ4n) is 2.71. The van der Waals surface area contributed by atoms with Crippen molar-refractivity contribution < 1.29 is 25.2 Å². The van der Waals surface area contributed by atoms with Gasteiger partial charge in [-0.05, 0) is 0 Å². The van der Waals surface area contributed by atoms with Gasteiger partial charge in [-0.3, -0.25) is 0 Å². The molecule has 2 unspecified atom stereocenters. The van der Waals surface area contributed by atoms with E-state index in [1.807, 2.05) is 0 Å². The Bertz CT molecular complexity index is 227. The molecule has 27 heavy (non-hydrogen) atoms. The first kappa shape index (κ1) is 29.0. The van der Waals surface area contributed by atoms with Gasteiger partial charge in [-0.25, -0.2) is 0 Å². The predicted octanol–water partition coefficient (Wildman–Crippen LogP) is 4.20. The number of hydrogen-bond acceptors (Lipinski definition) is 5. The molecule has 2 atom stereocenters. The van der Waals surface area contributed by atoms with Gasteiger partial charge in [0.25, 0.3) is 0 Å². The van der Waals surface area contributed by atoms with Crippen LogP contribution in [0.1, 0.15) is 104 Å². The minimum Gasteiger partial charge on any atom is -0.394 e. The van der Waals surface area contributed by atoms with Gasteiger partial charge in [0.05, 0.1) is 26.4 Å². The van der Waals surface area contributed by atoms with Gasteiger partial charge >= 0.3 is 0 Å². The van der Waals surface area contributed by atoms with Crippen molar-refractivity contribution in [2.75, 3.05) is 26.4 Å². The molecule has 0 rings (SSSR count). The summed E-state index contributed by atoms with van der Waals surface area (Å²) in [7, 11) is 0. The third-order valence-electron chi connectivity index (χ3n) is 4.50. The second-order valence-electron chi connectivity index (χ2n) is 7.45. The van der Waals surface area contributed by atoms with E-state index in [4.69, 9.17) is 25.2 Å². The molecular formula is C22H48O5. The lowest BCUT2D eigenvalue weighted by atomic mass is 10.0. The van der Waals surface area contributed by atoms with Crippen molar-refractivity contribution in [1.82, 2.24) is 0 Å². The van der Waals surface area contributed by atoms with Gasteiger partial charge < -0.3 is 25.2 Å². The molecule has 0 aliphatic rings. The van der Waals surface area contributed by atoms with Gasteiger partial charge in [0, 0.05) is 0 Å². The van der Waals surface area contributed by atoms with E-state index in [1.54, 1.807) is 0 Å². The highest BCUT2D eigenvalue weighted by Gasteiger charge is 2.05. The highest BCUT2D eigenvalue weighted by molar-refractivity contribution is 4.53. The van der Waals surface area contributed by atoms with E-state index in [9.17, 15) is 0 Å². The van der Waals surface area contributed by atoms with Gasteiger partial charge in [0.1, 0.15) is 12.2 Å². The zero-order valence-electron chi connectivity index (χ0n) is 18.1. The lowest BCUT2D eigenvalue weighted by Gasteiger charge is -2.10. The van der Waals surface area contributed by atoms with Crippen LogP contribution in [0.4, 0.5) is 0 Å². The zero-order valence-corrected chi connectivity index (χ0v) is 18.1. The van der Waals surface area contributed by atoms with Crippen LogP contribution < -0.4 is 0 Å². The third kappa shape index (κ3) is 28.1. The largest absolute Gasteiger partial charge is 0.394 e. The SMILES string of the molecule is CCCCCCCCCCCCCCCC.OCC(O)COCC(O)CO. The van der Waals surface area contributed by atoms with Crippen LogP contribution in [0.3, 0.4) is 0 Å². The summed E-state index contributed by atoms with van der Waals surface area (Å²) in [5, 5.41) is 34.1. The summed E-state index contributed by atoms with van der Waals surface area (Å²) in [6, 6.07) is 0. The Balaban J connectivity index is 0. The lowest BCUT2D eigenvalue weighted by molar-refractivity contribution is -0.0364. The van der Waals surface area contributed by atoms with Gasteiger partial charge in [0.15, 0.2) is 0 Å². The van der Waals surface area contributed by atoms with E-state index >= 15 is 0 Å². The van der Waals surface area contributed by atoms with E-state index in [0.717, 1.165) is 0 Å². The molecule has 4 N–H and O–H groups in total. The summed E-state index contributed by atoms with van der Waals surface area (Å²) in [6.45, 7) is 3.78.